The molecule has 2 N–H and O–H groups in total. The molecule has 9 nitrogen and oxygen atoms in total. The molecule has 1 amide bonds. The third-order valence-electron chi connectivity index (χ3n) is 7.92. The maximum absolute atomic E-state index is 13.9. The van der Waals surface area contributed by atoms with Crippen LogP contribution in [0, 0.1) is 11.3 Å². The van der Waals surface area contributed by atoms with Gasteiger partial charge >= 0.3 is 6.18 Å². The fraction of sp³-hybridized carbons (Fsp3) is 0.419. The van der Waals surface area contributed by atoms with Gasteiger partial charge in [-0.3, -0.25) is 9.78 Å². The van der Waals surface area contributed by atoms with Crippen LogP contribution in [0.2, 0.25) is 0 Å². The minimum atomic E-state index is -4.56. The Morgan fingerprint density at radius 2 is 1.95 bits per heavy atom. The molecule has 4 rings (SSSR count). The van der Waals surface area contributed by atoms with Gasteiger partial charge in [0.2, 0.25) is 11.8 Å². The molecular formula is C31H35F3N6O3. The van der Waals surface area contributed by atoms with Gasteiger partial charge < -0.3 is 25.0 Å². The van der Waals surface area contributed by atoms with Crippen LogP contribution < -0.4 is 15.0 Å². The van der Waals surface area contributed by atoms with E-state index in [1.165, 1.54) is 6.07 Å². The topological polar surface area (TPSA) is 115 Å². The van der Waals surface area contributed by atoms with Crippen LogP contribution in [0.1, 0.15) is 36.5 Å². The molecule has 0 radical (unpaired) electrons. The Hall–Kier alpha value is -4.21. The average molecular weight is 597 g/mol. The first-order chi connectivity index (χ1) is 20.5. The predicted octanol–water partition coefficient (Wildman–Crippen LogP) is 4.01. The van der Waals surface area contributed by atoms with Crippen LogP contribution in [0.4, 0.5) is 18.9 Å². The molecular weight excluding hydrogens is 561 g/mol. The highest BCUT2D eigenvalue weighted by Gasteiger charge is 2.44. The molecule has 1 aromatic carbocycles. The summed E-state index contributed by atoms with van der Waals surface area (Å²) in [5.41, 5.74) is 0.475. The van der Waals surface area contributed by atoms with Crippen molar-refractivity contribution in [3.63, 3.8) is 0 Å². The van der Waals surface area contributed by atoms with Gasteiger partial charge in [-0.2, -0.15) is 18.4 Å². The molecule has 3 heterocycles. The molecule has 1 aliphatic rings. The summed E-state index contributed by atoms with van der Waals surface area (Å²) >= 11 is 0. The van der Waals surface area contributed by atoms with Crippen LogP contribution in [0.25, 0.3) is 11.3 Å². The number of aliphatic hydroxyl groups excluding tert-OH is 1. The van der Waals surface area contributed by atoms with E-state index in [4.69, 9.17) is 4.74 Å². The zero-order valence-electron chi connectivity index (χ0n) is 24.4. The monoisotopic (exact) mass is 596 g/mol. The zero-order valence-corrected chi connectivity index (χ0v) is 24.4. The number of hydrogen-bond acceptors (Lipinski definition) is 8. The quantitative estimate of drug-likeness (QED) is 0.361. The lowest BCUT2D eigenvalue weighted by molar-refractivity contribution is -0.137. The Labute approximate surface area is 248 Å². The van der Waals surface area contributed by atoms with Gasteiger partial charge in [0, 0.05) is 38.1 Å². The summed E-state index contributed by atoms with van der Waals surface area (Å²) in [6.07, 6.45) is -0.598. The highest BCUT2D eigenvalue weighted by Crippen LogP contribution is 2.40. The van der Waals surface area contributed by atoms with Gasteiger partial charge in [0.05, 0.1) is 46.7 Å². The number of carbonyl (C=O) groups excluding carboxylic acids is 1. The third-order valence-corrected chi connectivity index (χ3v) is 7.92. The maximum atomic E-state index is 13.9. The largest absolute Gasteiger partial charge is 0.477 e. The van der Waals surface area contributed by atoms with E-state index in [9.17, 15) is 28.3 Å². The normalized spacial score (nSPS) is 15.6. The number of benzene rings is 1. The Balaban J connectivity index is 1.65. The number of nitrogens with one attached hydrogen (secondary N) is 1. The number of ether oxygens (including phenoxy) is 1. The highest BCUT2D eigenvalue weighted by molar-refractivity contribution is 5.89. The lowest BCUT2D eigenvalue weighted by Gasteiger charge is -2.42. The third kappa shape index (κ3) is 6.89. The van der Waals surface area contributed by atoms with Crippen LogP contribution in [0.15, 0.2) is 54.9 Å². The van der Waals surface area contributed by atoms with Gasteiger partial charge in [0.25, 0.3) is 0 Å². The molecule has 12 heteroatoms. The van der Waals surface area contributed by atoms with E-state index in [-0.39, 0.29) is 30.7 Å². The molecule has 1 aliphatic heterocycles. The molecule has 3 aromatic rings. The van der Waals surface area contributed by atoms with Crippen molar-refractivity contribution < 1.29 is 27.8 Å². The number of aromatic nitrogens is 2. The molecule has 1 saturated heterocycles. The average Bonchev–Trinajstić information content (AvgIpc) is 3.01. The molecule has 228 valence electrons. The van der Waals surface area contributed by atoms with Crippen LogP contribution in [0.3, 0.4) is 0 Å². The van der Waals surface area contributed by atoms with Gasteiger partial charge in [0.1, 0.15) is 6.07 Å². The molecule has 43 heavy (non-hydrogen) atoms. The van der Waals surface area contributed by atoms with Crippen LogP contribution in [-0.2, 0) is 16.4 Å². The second-order valence-electron chi connectivity index (χ2n) is 10.6. The fourth-order valence-electron chi connectivity index (χ4n) is 5.32. The number of rotatable bonds is 10. The van der Waals surface area contributed by atoms with E-state index in [0.29, 0.717) is 60.9 Å². The number of piperidine rings is 1. The van der Waals surface area contributed by atoms with E-state index in [2.05, 4.69) is 15.3 Å². The Bertz CT molecular complexity index is 1450. The summed E-state index contributed by atoms with van der Waals surface area (Å²) in [6, 6.07) is 12.1. The first-order valence-electron chi connectivity index (χ1n) is 14.0. The first kappa shape index (κ1) is 31.7. The summed E-state index contributed by atoms with van der Waals surface area (Å²) < 4.78 is 45.4. The number of pyridine rings is 2. The lowest BCUT2D eigenvalue weighted by Crippen LogP contribution is -2.54. The molecule has 0 bridgehead atoms. The molecule has 0 saturated carbocycles. The van der Waals surface area contributed by atoms with Crippen LogP contribution in [-0.4, -0.2) is 78.9 Å². The van der Waals surface area contributed by atoms with Crippen molar-refractivity contribution in [2.24, 2.45) is 0 Å². The lowest BCUT2D eigenvalue weighted by atomic mass is 9.72. The molecule has 2 aromatic heterocycles. The van der Waals surface area contributed by atoms with Gasteiger partial charge in [-0.05, 0) is 75.8 Å². The number of aliphatic hydroxyl groups is 1. The Kier molecular flexibility index (Phi) is 9.88. The molecule has 0 aliphatic carbocycles. The first-order valence-corrected chi connectivity index (χ1v) is 14.0. The van der Waals surface area contributed by atoms with E-state index in [0.717, 1.165) is 12.1 Å². The summed E-state index contributed by atoms with van der Waals surface area (Å²) in [5, 5.41) is 22.4. The minimum Gasteiger partial charge on any atom is -0.477 e. The summed E-state index contributed by atoms with van der Waals surface area (Å²) in [4.78, 5) is 26.5. The zero-order chi connectivity index (χ0) is 31.2. The number of hydrogen-bond donors (Lipinski definition) is 2. The number of anilines is 1. The summed E-state index contributed by atoms with van der Waals surface area (Å²) in [5.74, 6) is 0.223. The van der Waals surface area contributed by atoms with E-state index in [1.807, 2.05) is 55.1 Å². The predicted molar refractivity (Wildman–Crippen MR) is 155 cm³/mol. The smallest absolute Gasteiger partial charge is 0.416 e. The second-order valence-corrected chi connectivity index (χ2v) is 10.6. The van der Waals surface area contributed by atoms with Crippen molar-refractivity contribution in [1.29, 1.82) is 5.26 Å². The van der Waals surface area contributed by atoms with Crippen molar-refractivity contribution in [3.05, 3.63) is 71.5 Å². The summed E-state index contributed by atoms with van der Waals surface area (Å²) in [6.45, 7) is 3.04. The number of nitrogens with zero attached hydrogens (tertiary/aromatic N) is 5. The van der Waals surface area contributed by atoms with Gasteiger partial charge in [-0.15, -0.1) is 0 Å². The van der Waals surface area contributed by atoms with Crippen LogP contribution in [0.5, 0.6) is 5.88 Å². The fourth-order valence-corrected chi connectivity index (χ4v) is 5.32. The van der Waals surface area contributed by atoms with Gasteiger partial charge in [-0.1, -0.05) is 6.07 Å². The van der Waals surface area contributed by atoms with Crippen molar-refractivity contribution in [2.45, 2.75) is 37.4 Å². The SMILES string of the molecule is CCOc1ncccc1-c1ccc(C2(C(=O)NCC(CO)N(C)C)CCN(c3ccc(C(F)(F)F)cc3C#N)CC2)cn1. The minimum absolute atomic E-state index is 0.0730. The van der Waals surface area contributed by atoms with E-state index >= 15 is 0 Å². The molecule has 1 atom stereocenters. The highest BCUT2D eigenvalue weighted by atomic mass is 19.4. The Morgan fingerprint density at radius 1 is 1.21 bits per heavy atom. The van der Waals surface area contributed by atoms with Crippen LogP contribution >= 0.6 is 0 Å². The maximum Gasteiger partial charge on any atom is 0.416 e. The number of carbonyl (C=O) groups is 1. The number of amides is 1. The van der Waals surface area contributed by atoms with E-state index < -0.39 is 17.2 Å². The van der Waals surface area contributed by atoms with E-state index in [1.54, 1.807) is 18.5 Å². The van der Waals surface area contributed by atoms with Crippen molar-refractivity contribution in [1.82, 2.24) is 20.2 Å². The standard InChI is InChI=1S/C31H35F3N6O3/c1-4-43-28-25(6-5-13-36-28)26-9-7-23(18-37-26)30(29(42)38-19-24(20-41)39(2)3)11-14-40(15-12-30)27-10-8-22(31(32,33)34)16-21(27)17-35/h5-10,13,16,18,24,41H,4,11-12,14-15,19-20H2,1-3H3,(H,38,42). The number of nitriles is 1. The number of likely N-dealkylation sites (N-methyl/N-ethyl adjacent to an activating group) is 1. The van der Waals surface area contributed by atoms with Crippen molar-refractivity contribution in [2.75, 3.05) is 51.8 Å². The second kappa shape index (κ2) is 13.4. The number of alkyl halides is 3. The van der Waals surface area contributed by atoms with Crippen molar-refractivity contribution >= 4 is 11.6 Å². The molecule has 1 unspecified atom stereocenters. The molecule has 0 spiro atoms. The summed E-state index contributed by atoms with van der Waals surface area (Å²) in [7, 11) is 3.63. The molecule has 1 fully saturated rings. The number of halogens is 3. The Morgan fingerprint density at radius 3 is 2.53 bits per heavy atom. The van der Waals surface area contributed by atoms with Crippen molar-refractivity contribution in [3.8, 4) is 23.2 Å². The van der Waals surface area contributed by atoms with Gasteiger partial charge in [-0.25, -0.2) is 4.98 Å². The van der Waals surface area contributed by atoms with Gasteiger partial charge in [0.15, 0.2) is 0 Å².